The minimum Gasteiger partial charge on any atom is -0.301 e. The zero-order valence-corrected chi connectivity index (χ0v) is 8.41. The van der Waals surface area contributed by atoms with E-state index in [0.717, 1.165) is 3.79 Å². The SMILES string of the molecule is C#CCC(=O)Nc1ncc(Br)s1. The molecule has 0 saturated heterocycles. The van der Waals surface area contributed by atoms with Gasteiger partial charge in [-0.3, -0.25) is 4.79 Å². The molecule has 0 bridgehead atoms. The van der Waals surface area contributed by atoms with Gasteiger partial charge in [-0.25, -0.2) is 4.98 Å². The number of carbonyl (C=O) groups excluding carboxylic acids is 1. The van der Waals surface area contributed by atoms with Crippen LogP contribution < -0.4 is 5.32 Å². The number of thiazole rings is 1. The van der Waals surface area contributed by atoms with Crippen LogP contribution in [0.4, 0.5) is 5.13 Å². The molecule has 62 valence electrons. The third-order valence-corrected chi connectivity index (χ3v) is 2.38. The Kier molecular flexibility index (Phi) is 3.26. The number of anilines is 1. The molecular weight excluding hydrogens is 240 g/mol. The summed E-state index contributed by atoms with van der Waals surface area (Å²) in [5.74, 6) is 2.04. The van der Waals surface area contributed by atoms with Crippen LogP contribution in [0.2, 0.25) is 0 Å². The van der Waals surface area contributed by atoms with E-state index in [2.05, 4.69) is 32.2 Å². The number of rotatable bonds is 2. The van der Waals surface area contributed by atoms with Gasteiger partial charge in [-0.1, -0.05) is 17.3 Å². The van der Waals surface area contributed by atoms with Gasteiger partial charge in [0.15, 0.2) is 5.13 Å². The van der Waals surface area contributed by atoms with Crippen LogP contribution in [0, 0.1) is 12.3 Å². The molecule has 5 heteroatoms. The highest BCUT2D eigenvalue weighted by Crippen LogP contribution is 2.22. The minimum absolute atomic E-state index is 0.0806. The van der Waals surface area contributed by atoms with Crippen LogP contribution in [0.1, 0.15) is 6.42 Å². The number of carbonyl (C=O) groups is 1. The first kappa shape index (κ1) is 9.23. The zero-order valence-electron chi connectivity index (χ0n) is 6.00. The molecule has 1 aromatic rings. The molecule has 12 heavy (non-hydrogen) atoms. The number of aromatic nitrogens is 1. The Balaban J connectivity index is 2.53. The fraction of sp³-hybridized carbons (Fsp3) is 0.143. The van der Waals surface area contributed by atoms with Gasteiger partial charge in [0.1, 0.15) is 0 Å². The summed E-state index contributed by atoms with van der Waals surface area (Å²) >= 11 is 4.57. The molecule has 0 saturated carbocycles. The van der Waals surface area contributed by atoms with Gasteiger partial charge >= 0.3 is 0 Å². The molecule has 1 aromatic heterocycles. The lowest BCUT2D eigenvalue weighted by atomic mass is 10.4. The van der Waals surface area contributed by atoms with E-state index < -0.39 is 0 Å². The van der Waals surface area contributed by atoms with Crippen LogP contribution in [-0.4, -0.2) is 10.9 Å². The van der Waals surface area contributed by atoms with Crippen LogP contribution in [0.5, 0.6) is 0 Å². The average molecular weight is 245 g/mol. The van der Waals surface area contributed by atoms with Crippen molar-refractivity contribution in [1.29, 1.82) is 0 Å². The fourth-order valence-corrected chi connectivity index (χ4v) is 1.69. The maximum Gasteiger partial charge on any atom is 0.238 e. The monoisotopic (exact) mass is 244 g/mol. The molecule has 1 rings (SSSR count). The maximum atomic E-state index is 10.9. The van der Waals surface area contributed by atoms with Gasteiger partial charge < -0.3 is 5.32 Å². The lowest BCUT2D eigenvalue weighted by Gasteiger charge is -1.94. The van der Waals surface area contributed by atoms with Gasteiger partial charge in [0.05, 0.1) is 16.4 Å². The van der Waals surface area contributed by atoms with Crippen molar-refractivity contribution in [2.45, 2.75) is 6.42 Å². The van der Waals surface area contributed by atoms with Gasteiger partial charge in [0.25, 0.3) is 0 Å². The summed E-state index contributed by atoms with van der Waals surface area (Å²) in [5.41, 5.74) is 0. The Hall–Kier alpha value is -0.860. The Morgan fingerprint density at radius 1 is 1.92 bits per heavy atom. The van der Waals surface area contributed by atoms with Gasteiger partial charge in [-0.2, -0.15) is 0 Å². The Labute approximate surface area is 82.3 Å². The molecule has 3 nitrogen and oxygen atoms in total. The second-order valence-corrected chi connectivity index (χ2v) is 4.31. The quantitative estimate of drug-likeness (QED) is 0.808. The first-order valence-corrected chi connectivity index (χ1v) is 4.68. The van der Waals surface area contributed by atoms with Crippen LogP contribution in [0.25, 0.3) is 0 Å². The molecule has 0 radical (unpaired) electrons. The van der Waals surface area contributed by atoms with E-state index in [0.29, 0.717) is 5.13 Å². The van der Waals surface area contributed by atoms with Crippen molar-refractivity contribution in [3.05, 3.63) is 9.98 Å². The fourth-order valence-electron chi connectivity index (χ4n) is 0.568. The van der Waals surface area contributed by atoms with Crippen molar-refractivity contribution < 1.29 is 4.79 Å². The van der Waals surface area contributed by atoms with Crippen molar-refractivity contribution >= 4 is 38.3 Å². The maximum absolute atomic E-state index is 10.9. The standard InChI is InChI=1S/C7H5BrN2OS/c1-2-3-6(11)10-7-9-4-5(8)12-7/h1,4H,3H2,(H,9,10,11). The second kappa shape index (κ2) is 4.24. The molecular formula is C7H5BrN2OS. The highest BCUT2D eigenvalue weighted by Gasteiger charge is 2.02. The van der Waals surface area contributed by atoms with Crippen LogP contribution >= 0.6 is 27.3 Å². The summed E-state index contributed by atoms with van der Waals surface area (Å²) < 4.78 is 0.874. The molecule has 0 unspecified atom stereocenters. The molecule has 1 N–H and O–H groups in total. The predicted molar refractivity (Wildman–Crippen MR) is 51.9 cm³/mol. The van der Waals surface area contributed by atoms with Crippen molar-refractivity contribution in [2.24, 2.45) is 0 Å². The summed E-state index contributed by atoms with van der Waals surface area (Å²) in [4.78, 5) is 14.8. The summed E-state index contributed by atoms with van der Waals surface area (Å²) in [6, 6.07) is 0. The van der Waals surface area contributed by atoms with Gasteiger partial charge in [-0.15, -0.1) is 6.42 Å². The van der Waals surface area contributed by atoms with E-state index in [1.54, 1.807) is 6.20 Å². The summed E-state index contributed by atoms with van der Waals surface area (Å²) in [5, 5.41) is 3.12. The zero-order chi connectivity index (χ0) is 8.97. The molecule has 0 atom stereocenters. The molecule has 0 fully saturated rings. The number of halogens is 1. The average Bonchev–Trinajstić information content (AvgIpc) is 2.36. The molecule has 0 aromatic carbocycles. The molecule has 1 heterocycles. The highest BCUT2D eigenvalue weighted by molar-refractivity contribution is 9.11. The first-order chi connectivity index (χ1) is 5.72. The lowest BCUT2D eigenvalue weighted by Crippen LogP contribution is -2.09. The summed E-state index contributed by atoms with van der Waals surface area (Å²) in [6.07, 6.45) is 6.65. The van der Waals surface area contributed by atoms with Crippen LogP contribution in [-0.2, 0) is 4.79 Å². The van der Waals surface area contributed by atoms with Crippen molar-refractivity contribution in [3.8, 4) is 12.3 Å². The number of nitrogens with zero attached hydrogens (tertiary/aromatic N) is 1. The number of amides is 1. The minimum atomic E-state index is -0.209. The summed E-state index contributed by atoms with van der Waals surface area (Å²) in [7, 11) is 0. The van der Waals surface area contributed by atoms with Crippen LogP contribution in [0.3, 0.4) is 0 Å². The van der Waals surface area contributed by atoms with Gasteiger partial charge in [-0.05, 0) is 15.9 Å². The Morgan fingerprint density at radius 3 is 3.17 bits per heavy atom. The Bertz CT molecular complexity index is 328. The van der Waals surface area contributed by atoms with E-state index in [-0.39, 0.29) is 12.3 Å². The van der Waals surface area contributed by atoms with E-state index in [1.807, 2.05) is 0 Å². The first-order valence-electron chi connectivity index (χ1n) is 3.07. The van der Waals surface area contributed by atoms with Crippen molar-refractivity contribution in [1.82, 2.24) is 4.98 Å². The van der Waals surface area contributed by atoms with E-state index in [1.165, 1.54) is 11.3 Å². The highest BCUT2D eigenvalue weighted by atomic mass is 79.9. The molecule has 0 aliphatic carbocycles. The van der Waals surface area contributed by atoms with E-state index >= 15 is 0 Å². The number of terminal acetylenes is 1. The Morgan fingerprint density at radius 2 is 2.67 bits per heavy atom. The smallest absolute Gasteiger partial charge is 0.238 e. The number of hydrogen-bond donors (Lipinski definition) is 1. The predicted octanol–water partition coefficient (Wildman–Crippen LogP) is 1.87. The van der Waals surface area contributed by atoms with Gasteiger partial charge in [0.2, 0.25) is 5.91 Å². The molecule has 0 spiro atoms. The van der Waals surface area contributed by atoms with Crippen molar-refractivity contribution in [3.63, 3.8) is 0 Å². The second-order valence-electron chi connectivity index (χ2n) is 1.90. The normalized spacial score (nSPS) is 9.00. The third kappa shape index (κ3) is 2.64. The lowest BCUT2D eigenvalue weighted by molar-refractivity contribution is -0.115. The molecule has 0 aliphatic rings. The van der Waals surface area contributed by atoms with Crippen molar-refractivity contribution in [2.75, 3.05) is 5.32 Å². The largest absolute Gasteiger partial charge is 0.301 e. The molecule has 0 aliphatic heterocycles. The van der Waals surface area contributed by atoms with Gasteiger partial charge in [0, 0.05) is 0 Å². The van der Waals surface area contributed by atoms with E-state index in [9.17, 15) is 4.79 Å². The van der Waals surface area contributed by atoms with E-state index in [4.69, 9.17) is 6.42 Å². The molecule has 1 amide bonds. The third-order valence-electron chi connectivity index (χ3n) is 0.986. The number of nitrogens with one attached hydrogen (secondary N) is 1. The summed E-state index contributed by atoms with van der Waals surface area (Å²) in [6.45, 7) is 0. The topological polar surface area (TPSA) is 42.0 Å². The number of hydrogen-bond acceptors (Lipinski definition) is 3. The van der Waals surface area contributed by atoms with Crippen LogP contribution in [0.15, 0.2) is 9.98 Å².